The molecule has 0 saturated heterocycles. The summed E-state index contributed by atoms with van der Waals surface area (Å²) in [6.07, 6.45) is 0. The number of benzene rings is 3. The van der Waals surface area contributed by atoms with Gasteiger partial charge in [0.2, 0.25) is 11.7 Å². The Kier molecular flexibility index (Phi) is 9.27. The fourth-order valence-electron chi connectivity index (χ4n) is 3.75. The Morgan fingerprint density at radius 1 is 0.973 bits per heavy atom. The number of methoxy groups -OCH3 is 1. The molecular weight excluding hydrogens is 492 g/mol. The molecule has 4 aromatic rings. The maximum atomic E-state index is 12.9. The first-order chi connectivity index (χ1) is 17.3. The number of amides is 1. The third kappa shape index (κ3) is 6.87. The molecule has 0 atom stereocenters. The Labute approximate surface area is 223 Å². The highest BCUT2D eigenvalue weighted by Crippen LogP contribution is 2.31. The zero-order chi connectivity index (χ0) is 25.7. The second-order valence-corrected chi connectivity index (χ2v) is 8.72. The molecule has 0 unspecified atom stereocenters. The Balaban J connectivity index is 0.00000380. The highest BCUT2D eigenvalue weighted by atomic mass is 35.5. The number of nitrogens with zero attached hydrogens (tertiary/aromatic N) is 3. The highest BCUT2D eigenvalue weighted by molar-refractivity contribution is 6.04. The van der Waals surface area contributed by atoms with Crippen LogP contribution in [0.1, 0.15) is 21.8 Å². The molecular formula is C28H31ClN4O4. The van der Waals surface area contributed by atoms with Crippen molar-refractivity contribution in [1.29, 1.82) is 0 Å². The average Bonchev–Trinajstić information content (AvgIpc) is 3.30. The van der Waals surface area contributed by atoms with Crippen molar-refractivity contribution in [3.8, 4) is 34.0 Å². The maximum Gasteiger partial charge on any atom is 0.255 e. The summed E-state index contributed by atoms with van der Waals surface area (Å²) in [7, 11) is 5.56. The van der Waals surface area contributed by atoms with Crippen LogP contribution >= 0.6 is 12.4 Å². The fraction of sp³-hybridized carbons (Fsp3) is 0.250. The Morgan fingerprint density at radius 3 is 2.32 bits per heavy atom. The minimum Gasteiger partial charge on any atom is -0.493 e. The lowest BCUT2D eigenvalue weighted by Crippen LogP contribution is -2.19. The molecule has 8 nitrogen and oxygen atoms in total. The van der Waals surface area contributed by atoms with E-state index in [0.29, 0.717) is 41.1 Å². The number of carbonyl (C=O) groups excluding carboxylic acids is 1. The topological polar surface area (TPSA) is 89.7 Å². The van der Waals surface area contributed by atoms with E-state index in [1.165, 1.54) is 0 Å². The van der Waals surface area contributed by atoms with E-state index in [0.717, 1.165) is 28.8 Å². The number of likely N-dealkylation sites (N-methyl/N-ethyl adjacent to an activating group) is 1. The van der Waals surface area contributed by atoms with Crippen LogP contribution in [0.25, 0.3) is 22.5 Å². The van der Waals surface area contributed by atoms with Gasteiger partial charge in [-0.15, -0.1) is 12.4 Å². The van der Waals surface area contributed by atoms with Crippen molar-refractivity contribution in [1.82, 2.24) is 15.0 Å². The van der Waals surface area contributed by atoms with E-state index in [2.05, 4.69) is 15.5 Å². The van der Waals surface area contributed by atoms with Crippen LogP contribution in [0.3, 0.4) is 0 Å². The van der Waals surface area contributed by atoms with E-state index in [1.807, 2.05) is 68.4 Å². The maximum absolute atomic E-state index is 12.9. The molecule has 0 radical (unpaired) electrons. The van der Waals surface area contributed by atoms with Gasteiger partial charge in [0.05, 0.1) is 7.11 Å². The molecule has 37 heavy (non-hydrogen) atoms. The molecule has 0 aliphatic carbocycles. The van der Waals surface area contributed by atoms with Gasteiger partial charge in [-0.3, -0.25) is 4.79 Å². The van der Waals surface area contributed by atoms with Crippen LogP contribution in [-0.2, 0) is 0 Å². The summed E-state index contributed by atoms with van der Waals surface area (Å²) in [5.74, 6) is 2.10. The van der Waals surface area contributed by atoms with E-state index in [9.17, 15) is 4.79 Å². The second kappa shape index (κ2) is 12.4. The van der Waals surface area contributed by atoms with Gasteiger partial charge in [0, 0.05) is 36.3 Å². The molecule has 1 aromatic heterocycles. The number of halogens is 1. The molecule has 0 bridgehead atoms. The molecule has 0 aliphatic rings. The van der Waals surface area contributed by atoms with Crippen LogP contribution in [0.2, 0.25) is 0 Å². The minimum absolute atomic E-state index is 0. The minimum atomic E-state index is -0.203. The van der Waals surface area contributed by atoms with Gasteiger partial charge < -0.3 is 24.2 Å². The number of ether oxygens (including phenoxy) is 2. The predicted octanol–water partition coefficient (Wildman–Crippen LogP) is 5.64. The fourth-order valence-corrected chi connectivity index (χ4v) is 3.75. The lowest BCUT2D eigenvalue weighted by molar-refractivity contribution is 0.102. The zero-order valence-corrected chi connectivity index (χ0v) is 22.4. The summed E-state index contributed by atoms with van der Waals surface area (Å²) in [4.78, 5) is 19.2. The van der Waals surface area contributed by atoms with Gasteiger partial charge in [0.15, 0.2) is 11.5 Å². The van der Waals surface area contributed by atoms with Crippen LogP contribution in [0.4, 0.5) is 5.69 Å². The molecule has 0 fully saturated rings. The summed E-state index contributed by atoms with van der Waals surface area (Å²) in [5, 5.41) is 6.92. The predicted molar refractivity (Wildman–Crippen MR) is 147 cm³/mol. The van der Waals surface area contributed by atoms with Crippen molar-refractivity contribution in [3.63, 3.8) is 0 Å². The molecule has 194 valence electrons. The van der Waals surface area contributed by atoms with E-state index < -0.39 is 0 Å². The summed E-state index contributed by atoms with van der Waals surface area (Å²) in [6.45, 7) is 5.08. The van der Waals surface area contributed by atoms with Crippen LogP contribution in [0.5, 0.6) is 11.5 Å². The van der Waals surface area contributed by atoms with Crippen molar-refractivity contribution in [3.05, 3.63) is 77.7 Å². The number of aryl methyl sites for hydroxylation is 2. The van der Waals surface area contributed by atoms with E-state index in [1.54, 1.807) is 32.2 Å². The van der Waals surface area contributed by atoms with Gasteiger partial charge in [-0.2, -0.15) is 4.98 Å². The van der Waals surface area contributed by atoms with Gasteiger partial charge >= 0.3 is 0 Å². The Hall–Kier alpha value is -3.88. The Bertz CT molecular complexity index is 1350. The van der Waals surface area contributed by atoms with Gasteiger partial charge in [0.25, 0.3) is 5.91 Å². The molecule has 1 amide bonds. The molecule has 0 aliphatic heterocycles. The normalized spacial score (nSPS) is 10.6. The molecule has 1 N–H and O–H groups in total. The third-order valence-corrected chi connectivity index (χ3v) is 5.69. The molecule has 0 spiro atoms. The SMILES string of the molecule is COc1ccc(NC(=O)c2ccc(-c3ccc(-c4noc(C)n4)cc3C)cc2)cc1OCCN(C)C.Cl. The lowest BCUT2D eigenvalue weighted by atomic mass is 9.97. The first-order valence-corrected chi connectivity index (χ1v) is 11.6. The van der Waals surface area contributed by atoms with Gasteiger partial charge in [0.1, 0.15) is 6.61 Å². The quantitative estimate of drug-likeness (QED) is 0.304. The van der Waals surface area contributed by atoms with E-state index in [4.69, 9.17) is 14.0 Å². The zero-order valence-electron chi connectivity index (χ0n) is 21.6. The van der Waals surface area contributed by atoms with Crippen molar-refractivity contribution in [2.24, 2.45) is 0 Å². The number of anilines is 1. The summed E-state index contributed by atoms with van der Waals surface area (Å²) < 4.78 is 16.3. The van der Waals surface area contributed by atoms with E-state index in [-0.39, 0.29) is 18.3 Å². The molecule has 3 aromatic carbocycles. The van der Waals surface area contributed by atoms with Gasteiger partial charge in [-0.1, -0.05) is 29.4 Å². The van der Waals surface area contributed by atoms with Gasteiger partial charge in [-0.05, 0) is 68.0 Å². The molecule has 0 saturated carbocycles. The first kappa shape index (κ1) is 27.7. The Morgan fingerprint density at radius 2 is 1.70 bits per heavy atom. The van der Waals surface area contributed by atoms with Crippen LogP contribution in [0, 0.1) is 13.8 Å². The van der Waals surface area contributed by atoms with E-state index >= 15 is 0 Å². The number of aromatic nitrogens is 2. The largest absolute Gasteiger partial charge is 0.493 e. The van der Waals surface area contributed by atoms with Crippen molar-refractivity contribution >= 4 is 24.0 Å². The molecule has 9 heteroatoms. The lowest BCUT2D eigenvalue weighted by Gasteiger charge is -2.15. The summed E-state index contributed by atoms with van der Waals surface area (Å²) in [5.41, 5.74) is 5.25. The van der Waals surface area contributed by atoms with Crippen LogP contribution in [-0.4, -0.2) is 55.3 Å². The number of hydrogen-bond donors (Lipinski definition) is 1. The smallest absolute Gasteiger partial charge is 0.255 e. The average molecular weight is 523 g/mol. The number of nitrogens with one attached hydrogen (secondary N) is 1. The van der Waals surface area contributed by atoms with Crippen LogP contribution < -0.4 is 14.8 Å². The van der Waals surface area contributed by atoms with Crippen molar-refractivity contribution < 1.29 is 18.8 Å². The first-order valence-electron chi connectivity index (χ1n) is 11.6. The third-order valence-electron chi connectivity index (χ3n) is 5.69. The molecule has 1 heterocycles. The second-order valence-electron chi connectivity index (χ2n) is 8.72. The number of hydrogen-bond acceptors (Lipinski definition) is 7. The molecule has 4 rings (SSSR count). The van der Waals surface area contributed by atoms with Gasteiger partial charge in [-0.25, -0.2) is 0 Å². The number of carbonyl (C=O) groups is 1. The summed E-state index contributed by atoms with van der Waals surface area (Å²) >= 11 is 0. The summed E-state index contributed by atoms with van der Waals surface area (Å²) in [6, 6.07) is 18.9. The number of rotatable bonds is 9. The monoisotopic (exact) mass is 522 g/mol. The highest BCUT2D eigenvalue weighted by Gasteiger charge is 2.12. The van der Waals surface area contributed by atoms with Crippen molar-refractivity contribution in [2.75, 3.05) is 39.7 Å². The van der Waals surface area contributed by atoms with Crippen molar-refractivity contribution in [2.45, 2.75) is 13.8 Å². The standard InChI is InChI=1S/C28H30N4O4.ClH/c1-18-16-22(27-29-19(2)36-31-27)10-12-24(18)20-6-8-21(9-7-20)28(33)30-23-11-13-25(34-5)26(17-23)35-15-14-32(3)4;/h6-13,16-17H,14-15H2,1-5H3,(H,30,33);1H. The van der Waals surface area contributed by atoms with Crippen LogP contribution in [0.15, 0.2) is 65.2 Å².